The second kappa shape index (κ2) is 5.67. The summed E-state index contributed by atoms with van der Waals surface area (Å²) in [7, 11) is 0. The fourth-order valence-corrected chi connectivity index (χ4v) is 1.78. The standard InChI is InChI=1S/C14H17FN4/c1-9-6-7-11(8-12(9)15)10(2)17-13-4-3-5-14(18-13)19-16/h3-8,10H,16H2,1-2H3,(H2,17,18,19). The van der Waals surface area contributed by atoms with Crippen LogP contribution in [0.4, 0.5) is 16.0 Å². The Bertz CT molecular complexity index is 571. The van der Waals surface area contributed by atoms with E-state index in [1.807, 2.05) is 25.1 Å². The summed E-state index contributed by atoms with van der Waals surface area (Å²) < 4.78 is 13.5. The van der Waals surface area contributed by atoms with E-state index < -0.39 is 0 Å². The summed E-state index contributed by atoms with van der Waals surface area (Å²) in [5, 5.41) is 3.21. The lowest BCUT2D eigenvalue weighted by atomic mass is 10.1. The number of aryl methyl sites for hydroxylation is 1. The first-order chi connectivity index (χ1) is 9.10. The molecular weight excluding hydrogens is 243 g/mol. The van der Waals surface area contributed by atoms with Crippen LogP contribution in [-0.2, 0) is 0 Å². The van der Waals surface area contributed by atoms with Gasteiger partial charge in [0.15, 0.2) is 0 Å². The number of hydrazine groups is 1. The molecule has 0 saturated carbocycles. The fourth-order valence-electron chi connectivity index (χ4n) is 1.78. The van der Waals surface area contributed by atoms with Crippen LogP contribution in [0.3, 0.4) is 0 Å². The maximum atomic E-state index is 13.5. The molecule has 2 aromatic rings. The van der Waals surface area contributed by atoms with Gasteiger partial charge < -0.3 is 10.7 Å². The zero-order valence-corrected chi connectivity index (χ0v) is 10.9. The number of halogens is 1. The van der Waals surface area contributed by atoms with Gasteiger partial charge in [0, 0.05) is 0 Å². The third-order valence-corrected chi connectivity index (χ3v) is 2.96. The maximum Gasteiger partial charge on any atom is 0.142 e. The predicted molar refractivity (Wildman–Crippen MR) is 75.2 cm³/mol. The van der Waals surface area contributed by atoms with E-state index in [4.69, 9.17) is 5.84 Å². The number of nitrogen functional groups attached to an aromatic ring is 1. The van der Waals surface area contributed by atoms with Crippen molar-refractivity contribution in [2.45, 2.75) is 19.9 Å². The highest BCUT2D eigenvalue weighted by Crippen LogP contribution is 2.20. The summed E-state index contributed by atoms with van der Waals surface area (Å²) in [6, 6.07) is 10.6. The van der Waals surface area contributed by atoms with Gasteiger partial charge in [-0.15, -0.1) is 0 Å². The molecule has 1 unspecified atom stereocenters. The third kappa shape index (κ3) is 3.20. The second-order valence-corrected chi connectivity index (χ2v) is 4.43. The Morgan fingerprint density at radius 2 is 1.95 bits per heavy atom. The number of nitrogens with zero attached hydrogens (tertiary/aromatic N) is 1. The number of aromatic nitrogens is 1. The van der Waals surface area contributed by atoms with Crippen LogP contribution in [0.15, 0.2) is 36.4 Å². The molecule has 19 heavy (non-hydrogen) atoms. The highest BCUT2D eigenvalue weighted by Gasteiger charge is 2.08. The van der Waals surface area contributed by atoms with Gasteiger partial charge >= 0.3 is 0 Å². The number of rotatable bonds is 4. The SMILES string of the molecule is Cc1ccc(C(C)Nc2cccc(NN)n2)cc1F. The topological polar surface area (TPSA) is 63.0 Å². The minimum atomic E-state index is -0.198. The van der Waals surface area contributed by atoms with Gasteiger partial charge in [0.05, 0.1) is 6.04 Å². The zero-order valence-electron chi connectivity index (χ0n) is 10.9. The van der Waals surface area contributed by atoms with Crippen LogP contribution in [-0.4, -0.2) is 4.98 Å². The van der Waals surface area contributed by atoms with Crippen molar-refractivity contribution in [3.8, 4) is 0 Å². The number of nitrogens with one attached hydrogen (secondary N) is 2. The Balaban J connectivity index is 2.15. The number of hydrogen-bond donors (Lipinski definition) is 3. The first-order valence-corrected chi connectivity index (χ1v) is 6.06. The van der Waals surface area contributed by atoms with Crippen LogP contribution in [0.5, 0.6) is 0 Å². The number of pyridine rings is 1. The summed E-state index contributed by atoms with van der Waals surface area (Å²) in [5.41, 5.74) is 4.00. The van der Waals surface area contributed by atoms with E-state index in [9.17, 15) is 4.39 Å². The Morgan fingerprint density at radius 1 is 1.21 bits per heavy atom. The molecule has 0 spiro atoms. The predicted octanol–water partition coefficient (Wildman–Crippen LogP) is 2.99. The smallest absolute Gasteiger partial charge is 0.142 e. The minimum Gasteiger partial charge on any atom is -0.363 e. The molecule has 0 bridgehead atoms. The Kier molecular flexibility index (Phi) is 3.97. The van der Waals surface area contributed by atoms with Crippen molar-refractivity contribution >= 4 is 11.6 Å². The summed E-state index contributed by atoms with van der Waals surface area (Å²) >= 11 is 0. The van der Waals surface area contributed by atoms with Crippen LogP contribution < -0.4 is 16.6 Å². The average molecular weight is 260 g/mol. The van der Waals surface area contributed by atoms with Crippen molar-refractivity contribution in [2.24, 2.45) is 5.84 Å². The van der Waals surface area contributed by atoms with Gasteiger partial charge in [-0.2, -0.15) is 0 Å². The van der Waals surface area contributed by atoms with Crippen molar-refractivity contribution in [3.63, 3.8) is 0 Å². The van der Waals surface area contributed by atoms with E-state index in [2.05, 4.69) is 15.7 Å². The molecule has 1 heterocycles. The van der Waals surface area contributed by atoms with Gasteiger partial charge in [0.25, 0.3) is 0 Å². The summed E-state index contributed by atoms with van der Waals surface area (Å²) in [6.45, 7) is 3.70. The molecule has 4 nitrogen and oxygen atoms in total. The van der Waals surface area contributed by atoms with E-state index in [0.29, 0.717) is 17.2 Å². The summed E-state index contributed by atoms with van der Waals surface area (Å²) in [6.07, 6.45) is 0. The van der Waals surface area contributed by atoms with Crippen molar-refractivity contribution in [1.82, 2.24) is 4.98 Å². The van der Waals surface area contributed by atoms with Gasteiger partial charge in [-0.1, -0.05) is 18.2 Å². The largest absolute Gasteiger partial charge is 0.363 e. The quantitative estimate of drug-likeness (QED) is 0.584. The molecule has 0 amide bonds. The van der Waals surface area contributed by atoms with Crippen molar-refractivity contribution in [1.29, 1.82) is 0 Å². The molecule has 1 aromatic carbocycles. The molecule has 0 aliphatic heterocycles. The van der Waals surface area contributed by atoms with Crippen molar-refractivity contribution < 1.29 is 4.39 Å². The average Bonchev–Trinajstić information content (AvgIpc) is 2.42. The van der Waals surface area contributed by atoms with Gasteiger partial charge in [-0.3, -0.25) is 0 Å². The highest BCUT2D eigenvalue weighted by atomic mass is 19.1. The van der Waals surface area contributed by atoms with Gasteiger partial charge in [-0.05, 0) is 43.2 Å². The molecule has 0 aliphatic rings. The molecule has 2 rings (SSSR count). The van der Waals surface area contributed by atoms with Crippen LogP contribution in [0.2, 0.25) is 0 Å². The third-order valence-electron chi connectivity index (χ3n) is 2.96. The lowest BCUT2D eigenvalue weighted by Gasteiger charge is -2.16. The van der Waals surface area contributed by atoms with Gasteiger partial charge in [0.1, 0.15) is 17.5 Å². The Morgan fingerprint density at radius 3 is 2.63 bits per heavy atom. The second-order valence-electron chi connectivity index (χ2n) is 4.43. The summed E-state index contributed by atoms with van der Waals surface area (Å²) in [4.78, 5) is 4.26. The van der Waals surface area contributed by atoms with E-state index in [1.54, 1.807) is 19.1 Å². The molecule has 1 atom stereocenters. The molecule has 4 N–H and O–H groups in total. The van der Waals surface area contributed by atoms with Crippen LogP contribution in [0, 0.1) is 12.7 Å². The Labute approximate surface area is 111 Å². The number of anilines is 2. The zero-order chi connectivity index (χ0) is 13.8. The van der Waals surface area contributed by atoms with Crippen LogP contribution >= 0.6 is 0 Å². The lowest BCUT2D eigenvalue weighted by Crippen LogP contribution is -2.12. The molecule has 1 aromatic heterocycles. The molecular formula is C14H17FN4. The fraction of sp³-hybridized carbons (Fsp3) is 0.214. The molecule has 0 aliphatic carbocycles. The maximum absolute atomic E-state index is 13.5. The Hall–Kier alpha value is -2.14. The minimum absolute atomic E-state index is 0.0457. The first kappa shape index (κ1) is 13.3. The van der Waals surface area contributed by atoms with Gasteiger partial charge in [-0.25, -0.2) is 15.2 Å². The lowest BCUT2D eigenvalue weighted by molar-refractivity contribution is 0.614. The highest BCUT2D eigenvalue weighted by molar-refractivity contribution is 5.46. The molecule has 0 fully saturated rings. The number of hydrogen-bond acceptors (Lipinski definition) is 4. The van der Waals surface area contributed by atoms with Crippen LogP contribution in [0.1, 0.15) is 24.1 Å². The van der Waals surface area contributed by atoms with Crippen LogP contribution in [0.25, 0.3) is 0 Å². The number of nitrogens with two attached hydrogens (primary N) is 1. The van der Waals surface area contributed by atoms with E-state index in [1.165, 1.54) is 6.07 Å². The van der Waals surface area contributed by atoms with Crippen molar-refractivity contribution in [2.75, 3.05) is 10.7 Å². The monoisotopic (exact) mass is 260 g/mol. The molecule has 0 saturated heterocycles. The molecule has 5 heteroatoms. The molecule has 100 valence electrons. The normalized spacial score (nSPS) is 12.0. The van der Waals surface area contributed by atoms with E-state index in [0.717, 1.165) is 5.56 Å². The number of benzene rings is 1. The van der Waals surface area contributed by atoms with Crippen molar-refractivity contribution in [3.05, 3.63) is 53.3 Å². The van der Waals surface area contributed by atoms with Gasteiger partial charge in [0.2, 0.25) is 0 Å². The van der Waals surface area contributed by atoms with E-state index >= 15 is 0 Å². The summed E-state index contributed by atoms with van der Waals surface area (Å²) in [5.74, 6) is 6.37. The molecule has 0 radical (unpaired) electrons. The van der Waals surface area contributed by atoms with E-state index in [-0.39, 0.29) is 11.9 Å². The first-order valence-electron chi connectivity index (χ1n) is 6.06.